The topological polar surface area (TPSA) is 54.5 Å². The van der Waals surface area contributed by atoms with Crippen LogP contribution in [-0.4, -0.2) is 28.9 Å². The predicted molar refractivity (Wildman–Crippen MR) is 127 cm³/mol. The van der Waals surface area contributed by atoms with Crippen molar-refractivity contribution in [3.8, 4) is 11.5 Å². The molecule has 160 valence electrons. The lowest BCUT2D eigenvalue weighted by atomic mass is 9.95. The van der Waals surface area contributed by atoms with Gasteiger partial charge in [-0.2, -0.15) is 0 Å². The summed E-state index contributed by atoms with van der Waals surface area (Å²) in [7, 11) is 0. The molecule has 0 fully saturated rings. The molecule has 5 rings (SSSR count). The molecule has 0 saturated heterocycles. The highest BCUT2D eigenvalue weighted by molar-refractivity contribution is 6.13. The minimum Gasteiger partial charge on any atom is -0.457 e. The molecule has 1 aliphatic rings. The number of hydrogen-bond donors (Lipinski definition) is 1. The number of amides is 1. The first-order valence-corrected chi connectivity index (χ1v) is 11.0. The zero-order valence-electron chi connectivity index (χ0n) is 18.0. The van der Waals surface area contributed by atoms with Crippen LogP contribution in [0.2, 0.25) is 0 Å². The van der Waals surface area contributed by atoms with Gasteiger partial charge in [-0.05, 0) is 49.0 Å². The van der Waals surface area contributed by atoms with Gasteiger partial charge in [0.1, 0.15) is 11.5 Å². The van der Waals surface area contributed by atoms with Crippen LogP contribution in [0, 0.1) is 0 Å². The van der Waals surface area contributed by atoms with Gasteiger partial charge in [0.15, 0.2) is 0 Å². The molecule has 1 aromatic heterocycles. The van der Waals surface area contributed by atoms with E-state index < -0.39 is 0 Å². The first-order valence-electron chi connectivity index (χ1n) is 11.0. The van der Waals surface area contributed by atoms with Gasteiger partial charge in [0.2, 0.25) is 0 Å². The highest BCUT2D eigenvalue weighted by Gasteiger charge is 2.25. The normalized spacial score (nSPS) is 13.5. The number of hydrogen-bond acceptors (Lipinski definition) is 4. The van der Waals surface area contributed by atoms with E-state index in [4.69, 9.17) is 9.72 Å². The van der Waals surface area contributed by atoms with E-state index in [1.54, 1.807) is 0 Å². The van der Waals surface area contributed by atoms with Crippen molar-refractivity contribution in [3.05, 3.63) is 95.7 Å². The van der Waals surface area contributed by atoms with Crippen molar-refractivity contribution in [3.63, 3.8) is 0 Å². The molecule has 4 aromatic rings. The monoisotopic (exact) mass is 423 g/mol. The number of rotatable bonds is 5. The minimum atomic E-state index is -0.102. The van der Waals surface area contributed by atoms with Crippen molar-refractivity contribution in [2.24, 2.45) is 0 Å². The number of carbonyl (C=O) groups is 1. The Bertz CT molecular complexity index is 1250. The largest absolute Gasteiger partial charge is 0.457 e. The standard InChI is InChI=1S/C27H25N3O2/c1-2-30-17-16-25-23(18-30)26(22-10-6-7-11-24(22)29-25)27(31)28-19-12-14-21(15-13-19)32-20-8-4-3-5-9-20/h3-15H,2,16-18H2,1H3,(H,28,31). The Kier molecular flexibility index (Phi) is 5.57. The van der Waals surface area contributed by atoms with Gasteiger partial charge in [-0.15, -0.1) is 0 Å². The number of ether oxygens (including phenoxy) is 1. The molecule has 1 aliphatic heterocycles. The molecule has 0 bridgehead atoms. The Morgan fingerprint density at radius 3 is 2.47 bits per heavy atom. The summed E-state index contributed by atoms with van der Waals surface area (Å²) in [5, 5.41) is 3.98. The highest BCUT2D eigenvalue weighted by atomic mass is 16.5. The van der Waals surface area contributed by atoms with Crippen LogP contribution in [0.5, 0.6) is 11.5 Å². The fourth-order valence-corrected chi connectivity index (χ4v) is 4.20. The van der Waals surface area contributed by atoms with Gasteiger partial charge in [0.25, 0.3) is 5.91 Å². The second-order valence-electron chi connectivity index (χ2n) is 7.94. The number of para-hydroxylation sites is 2. The highest BCUT2D eigenvalue weighted by Crippen LogP contribution is 2.29. The van der Waals surface area contributed by atoms with Crippen LogP contribution >= 0.6 is 0 Å². The Hall–Kier alpha value is -3.70. The van der Waals surface area contributed by atoms with Crippen LogP contribution in [0.15, 0.2) is 78.9 Å². The summed E-state index contributed by atoms with van der Waals surface area (Å²) in [5.41, 5.74) is 4.40. The maximum atomic E-state index is 13.5. The number of pyridine rings is 1. The molecule has 0 aliphatic carbocycles. The van der Waals surface area contributed by atoms with Crippen LogP contribution in [0.1, 0.15) is 28.5 Å². The molecule has 32 heavy (non-hydrogen) atoms. The third-order valence-electron chi connectivity index (χ3n) is 5.89. The van der Waals surface area contributed by atoms with Crippen LogP contribution in [0.4, 0.5) is 5.69 Å². The van der Waals surface area contributed by atoms with Crippen molar-refractivity contribution in [2.45, 2.75) is 19.9 Å². The van der Waals surface area contributed by atoms with E-state index in [1.165, 1.54) is 0 Å². The average Bonchev–Trinajstić information content (AvgIpc) is 2.84. The van der Waals surface area contributed by atoms with Crippen LogP contribution in [0.3, 0.4) is 0 Å². The average molecular weight is 424 g/mol. The first-order chi connectivity index (χ1) is 15.7. The Morgan fingerprint density at radius 1 is 0.969 bits per heavy atom. The Balaban J connectivity index is 1.43. The molecule has 1 amide bonds. The zero-order valence-corrected chi connectivity index (χ0v) is 18.0. The number of benzene rings is 3. The molecule has 0 radical (unpaired) electrons. The van der Waals surface area contributed by atoms with Crippen molar-refractivity contribution < 1.29 is 9.53 Å². The first kappa shape index (κ1) is 20.2. The molecule has 0 saturated carbocycles. The maximum absolute atomic E-state index is 13.5. The number of anilines is 1. The van der Waals surface area contributed by atoms with E-state index in [2.05, 4.69) is 17.1 Å². The van der Waals surface area contributed by atoms with Gasteiger partial charge < -0.3 is 10.1 Å². The fraction of sp³-hybridized carbons (Fsp3) is 0.185. The van der Waals surface area contributed by atoms with Gasteiger partial charge in [-0.1, -0.05) is 43.3 Å². The molecule has 3 aromatic carbocycles. The summed E-state index contributed by atoms with van der Waals surface area (Å²) in [6.45, 7) is 4.82. The predicted octanol–water partition coefficient (Wildman–Crippen LogP) is 5.66. The molecular formula is C27H25N3O2. The molecule has 2 heterocycles. The Morgan fingerprint density at radius 2 is 1.69 bits per heavy atom. The molecule has 0 unspecified atom stereocenters. The number of nitrogens with one attached hydrogen (secondary N) is 1. The minimum absolute atomic E-state index is 0.102. The molecule has 0 atom stereocenters. The number of aromatic nitrogens is 1. The molecular weight excluding hydrogens is 398 g/mol. The second-order valence-corrected chi connectivity index (χ2v) is 7.94. The van der Waals surface area contributed by atoms with Crippen molar-refractivity contribution in [1.82, 2.24) is 9.88 Å². The van der Waals surface area contributed by atoms with Crippen LogP contribution in [0.25, 0.3) is 10.9 Å². The van der Waals surface area contributed by atoms with E-state index in [9.17, 15) is 4.79 Å². The lowest BCUT2D eigenvalue weighted by Gasteiger charge is -2.29. The quantitative estimate of drug-likeness (QED) is 0.450. The van der Waals surface area contributed by atoms with Gasteiger partial charge in [-0.3, -0.25) is 14.7 Å². The SMILES string of the molecule is CCN1CCc2nc3ccccc3c(C(=O)Nc3ccc(Oc4ccccc4)cc3)c2C1. The second kappa shape index (κ2) is 8.81. The third kappa shape index (κ3) is 4.07. The lowest BCUT2D eigenvalue weighted by molar-refractivity contribution is 0.102. The number of nitrogens with zero attached hydrogens (tertiary/aromatic N) is 2. The van der Waals surface area contributed by atoms with E-state index in [0.29, 0.717) is 0 Å². The van der Waals surface area contributed by atoms with Crippen LogP contribution < -0.4 is 10.1 Å². The Labute approximate surface area is 187 Å². The molecule has 0 spiro atoms. The summed E-state index contributed by atoms with van der Waals surface area (Å²) in [4.78, 5) is 20.7. The maximum Gasteiger partial charge on any atom is 0.256 e. The van der Waals surface area contributed by atoms with Gasteiger partial charge in [0.05, 0.1) is 11.1 Å². The van der Waals surface area contributed by atoms with Crippen molar-refractivity contribution >= 4 is 22.5 Å². The van der Waals surface area contributed by atoms with E-state index in [0.717, 1.165) is 71.0 Å². The number of likely N-dealkylation sites (N-methyl/N-ethyl adjacent to an activating group) is 1. The summed E-state index contributed by atoms with van der Waals surface area (Å²) < 4.78 is 5.85. The number of carbonyl (C=O) groups excluding carboxylic acids is 1. The summed E-state index contributed by atoms with van der Waals surface area (Å²) >= 11 is 0. The van der Waals surface area contributed by atoms with E-state index in [1.807, 2.05) is 78.9 Å². The van der Waals surface area contributed by atoms with Gasteiger partial charge >= 0.3 is 0 Å². The van der Waals surface area contributed by atoms with Gasteiger partial charge in [0, 0.05) is 41.8 Å². The van der Waals surface area contributed by atoms with Crippen LogP contribution in [-0.2, 0) is 13.0 Å². The third-order valence-corrected chi connectivity index (χ3v) is 5.89. The fourth-order valence-electron chi connectivity index (χ4n) is 4.20. The molecule has 5 nitrogen and oxygen atoms in total. The van der Waals surface area contributed by atoms with Crippen molar-refractivity contribution in [2.75, 3.05) is 18.4 Å². The summed E-state index contributed by atoms with van der Waals surface area (Å²) in [6.07, 6.45) is 0.861. The summed E-state index contributed by atoms with van der Waals surface area (Å²) in [6, 6.07) is 25.0. The molecule has 5 heteroatoms. The number of fused-ring (bicyclic) bond motifs is 2. The lowest BCUT2D eigenvalue weighted by Crippen LogP contribution is -2.33. The zero-order chi connectivity index (χ0) is 21.9. The smallest absolute Gasteiger partial charge is 0.256 e. The van der Waals surface area contributed by atoms with E-state index in [-0.39, 0.29) is 5.91 Å². The molecule has 1 N–H and O–H groups in total. The van der Waals surface area contributed by atoms with Crippen molar-refractivity contribution in [1.29, 1.82) is 0 Å². The summed E-state index contributed by atoms with van der Waals surface area (Å²) in [5.74, 6) is 1.40. The van der Waals surface area contributed by atoms with Gasteiger partial charge in [-0.25, -0.2) is 0 Å². The van der Waals surface area contributed by atoms with E-state index >= 15 is 0 Å².